The molecule has 0 N–H and O–H groups in total. The van der Waals surface area contributed by atoms with Gasteiger partial charge >= 0.3 is 17.1 Å². The van der Waals surface area contributed by atoms with Crippen molar-refractivity contribution in [3.63, 3.8) is 0 Å². The fraction of sp³-hybridized carbons (Fsp3) is 0. The van der Waals surface area contributed by atoms with Crippen LogP contribution in [0.5, 0.6) is 0 Å². The predicted octanol–water partition coefficient (Wildman–Crippen LogP) is 2.87. The van der Waals surface area contributed by atoms with Crippen LogP contribution in [0.25, 0.3) is 0 Å². The molecule has 0 atom stereocenters. The van der Waals surface area contributed by atoms with Gasteiger partial charge in [-0.2, -0.15) is 36.4 Å². The third-order valence-electron chi connectivity index (χ3n) is 1.36. The normalized spacial score (nSPS) is 7.62. The maximum Gasteiger partial charge on any atom is 2.00 e. The number of hydrogen-bond donors (Lipinski definition) is 0. The SMILES string of the molecule is Fc1cc[c-]cc1.Fc1cc[c-]cc1.[Cu+2].[Li]. The van der Waals surface area contributed by atoms with Crippen LogP contribution in [0.4, 0.5) is 8.78 Å². The van der Waals surface area contributed by atoms with Crippen LogP contribution in [0, 0.1) is 23.8 Å². The molecule has 0 amide bonds. The van der Waals surface area contributed by atoms with Crippen LogP contribution in [0.1, 0.15) is 0 Å². The third-order valence-corrected chi connectivity index (χ3v) is 1.36. The summed E-state index contributed by atoms with van der Waals surface area (Å²) in [7, 11) is 0. The van der Waals surface area contributed by atoms with Crippen molar-refractivity contribution in [3.8, 4) is 0 Å². The van der Waals surface area contributed by atoms with E-state index in [0.29, 0.717) is 0 Å². The van der Waals surface area contributed by atoms with Gasteiger partial charge in [0, 0.05) is 30.5 Å². The van der Waals surface area contributed by atoms with Gasteiger partial charge in [-0.05, 0) is 0 Å². The first-order chi connectivity index (χ1) is 6.79. The van der Waals surface area contributed by atoms with Gasteiger partial charge in [-0.1, -0.05) is 0 Å². The first-order valence-corrected chi connectivity index (χ1v) is 4.02. The molecular formula is C12H8CuF2Li. The second-order valence-electron chi connectivity index (χ2n) is 2.44. The molecule has 0 heterocycles. The molecular weight excluding hydrogens is 253 g/mol. The van der Waals surface area contributed by atoms with Crippen molar-refractivity contribution < 1.29 is 25.8 Å². The molecule has 0 unspecified atom stereocenters. The average molecular weight is 261 g/mol. The summed E-state index contributed by atoms with van der Waals surface area (Å²) in [6.45, 7) is 0. The fourth-order valence-corrected chi connectivity index (χ4v) is 0.733. The number of rotatable bonds is 0. The summed E-state index contributed by atoms with van der Waals surface area (Å²) in [4.78, 5) is 0. The minimum absolute atomic E-state index is 0. The number of hydrogen-bond acceptors (Lipinski definition) is 0. The molecule has 0 aromatic heterocycles. The molecule has 82 valence electrons. The van der Waals surface area contributed by atoms with Crippen molar-refractivity contribution >= 4 is 18.9 Å². The Balaban J connectivity index is 0. The molecule has 0 spiro atoms. The summed E-state index contributed by atoms with van der Waals surface area (Å²) in [5.74, 6) is -0.419. The molecule has 2 aromatic rings. The van der Waals surface area contributed by atoms with Crippen LogP contribution in [-0.4, -0.2) is 18.9 Å². The number of benzene rings is 2. The summed E-state index contributed by atoms with van der Waals surface area (Å²) in [5.41, 5.74) is 0. The Morgan fingerprint density at radius 2 is 0.938 bits per heavy atom. The van der Waals surface area contributed by atoms with Gasteiger partial charge in [-0.3, -0.25) is 0 Å². The van der Waals surface area contributed by atoms with Crippen LogP contribution in [0.2, 0.25) is 0 Å². The van der Waals surface area contributed by atoms with Crippen molar-refractivity contribution in [2.24, 2.45) is 0 Å². The quantitative estimate of drug-likeness (QED) is 0.505. The summed E-state index contributed by atoms with van der Waals surface area (Å²) in [6.07, 6.45) is 0. The van der Waals surface area contributed by atoms with E-state index in [1.165, 1.54) is 48.5 Å². The zero-order valence-electron chi connectivity index (χ0n) is 8.68. The molecule has 16 heavy (non-hydrogen) atoms. The molecule has 2 radical (unpaired) electrons. The van der Waals surface area contributed by atoms with Crippen LogP contribution >= 0.6 is 0 Å². The molecule has 0 aliphatic carbocycles. The first-order valence-electron chi connectivity index (χ1n) is 4.02. The van der Waals surface area contributed by atoms with Gasteiger partial charge in [0.1, 0.15) is 0 Å². The van der Waals surface area contributed by atoms with Crippen molar-refractivity contribution in [3.05, 3.63) is 72.3 Å². The fourth-order valence-electron chi connectivity index (χ4n) is 0.733. The maximum atomic E-state index is 11.9. The van der Waals surface area contributed by atoms with Gasteiger partial charge < -0.3 is 0 Å². The molecule has 0 saturated heterocycles. The van der Waals surface area contributed by atoms with E-state index in [9.17, 15) is 8.78 Å². The van der Waals surface area contributed by atoms with E-state index in [4.69, 9.17) is 0 Å². The Labute approximate surface area is 117 Å². The Morgan fingerprint density at radius 3 is 1.06 bits per heavy atom. The minimum Gasteiger partial charge on any atom is -0.236 e. The molecule has 2 aromatic carbocycles. The third kappa shape index (κ3) is 8.70. The van der Waals surface area contributed by atoms with E-state index in [1.54, 1.807) is 0 Å². The van der Waals surface area contributed by atoms with Gasteiger partial charge in [0.2, 0.25) is 0 Å². The van der Waals surface area contributed by atoms with Gasteiger partial charge in [-0.15, -0.1) is 24.3 Å². The Bertz CT molecular complexity index is 316. The van der Waals surface area contributed by atoms with Crippen molar-refractivity contribution in [1.29, 1.82) is 0 Å². The van der Waals surface area contributed by atoms with Crippen LogP contribution in [-0.2, 0) is 17.1 Å². The van der Waals surface area contributed by atoms with E-state index in [2.05, 4.69) is 12.1 Å². The smallest absolute Gasteiger partial charge is 0.236 e. The molecule has 0 saturated carbocycles. The molecule has 0 bridgehead atoms. The summed E-state index contributed by atoms with van der Waals surface area (Å²) < 4.78 is 23.8. The van der Waals surface area contributed by atoms with E-state index >= 15 is 0 Å². The Morgan fingerprint density at radius 1 is 0.688 bits per heavy atom. The monoisotopic (exact) mass is 260 g/mol. The van der Waals surface area contributed by atoms with Crippen LogP contribution in [0.15, 0.2) is 48.5 Å². The second kappa shape index (κ2) is 10.9. The molecule has 0 aliphatic heterocycles. The van der Waals surface area contributed by atoms with Crippen LogP contribution in [0.3, 0.4) is 0 Å². The second-order valence-corrected chi connectivity index (χ2v) is 2.44. The van der Waals surface area contributed by atoms with Crippen molar-refractivity contribution in [2.45, 2.75) is 0 Å². The van der Waals surface area contributed by atoms with E-state index < -0.39 is 0 Å². The average Bonchev–Trinajstić information content (AvgIpc) is 2.21. The van der Waals surface area contributed by atoms with Crippen molar-refractivity contribution in [1.82, 2.24) is 0 Å². The zero-order chi connectivity index (χ0) is 10.2. The van der Waals surface area contributed by atoms with E-state index in [0.717, 1.165) is 0 Å². The Kier molecular flexibility index (Phi) is 12.1. The van der Waals surface area contributed by atoms with Crippen molar-refractivity contribution in [2.75, 3.05) is 0 Å². The minimum atomic E-state index is -0.209. The van der Waals surface area contributed by atoms with E-state index in [1.807, 2.05) is 0 Å². The molecule has 0 fully saturated rings. The van der Waals surface area contributed by atoms with E-state index in [-0.39, 0.29) is 47.6 Å². The standard InChI is InChI=1S/2C6H4F.Cu.Li/c2*7-6-4-2-1-3-5-6;;/h2*2-5H;;/q2*-1;+2;. The zero-order valence-corrected chi connectivity index (χ0v) is 9.62. The molecule has 0 aliphatic rings. The first kappa shape index (κ1) is 17.8. The van der Waals surface area contributed by atoms with Gasteiger partial charge in [0.15, 0.2) is 0 Å². The van der Waals surface area contributed by atoms with Crippen LogP contribution < -0.4 is 0 Å². The van der Waals surface area contributed by atoms with Gasteiger partial charge in [-0.25, -0.2) is 8.78 Å². The summed E-state index contributed by atoms with van der Waals surface area (Å²) in [6, 6.07) is 17.0. The maximum absolute atomic E-state index is 11.9. The molecule has 4 heteroatoms. The summed E-state index contributed by atoms with van der Waals surface area (Å²) >= 11 is 0. The summed E-state index contributed by atoms with van der Waals surface area (Å²) in [5, 5.41) is 0. The number of halogens is 2. The largest absolute Gasteiger partial charge is 2.00 e. The van der Waals surface area contributed by atoms with Gasteiger partial charge in [0.25, 0.3) is 0 Å². The topological polar surface area (TPSA) is 0 Å². The molecule has 0 nitrogen and oxygen atoms in total. The Hall–Kier alpha value is -0.583. The van der Waals surface area contributed by atoms with Gasteiger partial charge in [0.05, 0.1) is 0 Å². The predicted molar refractivity (Wildman–Crippen MR) is 56.2 cm³/mol. The molecule has 2 rings (SSSR count).